The average molecular weight is 389 g/mol. The van der Waals surface area contributed by atoms with E-state index < -0.39 is 17.7 Å². The van der Waals surface area contributed by atoms with Gasteiger partial charge in [0.1, 0.15) is 11.6 Å². The molecule has 1 aromatic carbocycles. The second-order valence-electron chi connectivity index (χ2n) is 8.48. The fraction of sp³-hybridized carbons (Fsp3) is 0.619. The van der Waals surface area contributed by atoms with Crippen molar-refractivity contribution >= 4 is 12.0 Å². The Balaban J connectivity index is 1.56. The lowest BCUT2D eigenvalue weighted by molar-refractivity contribution is -0.139. The number of hydrogen-bond acceptors (Lipinski definition) is 5. The highest BCUT2D eigenvalue weighted by Crippen LogP contribution is 2.16. The first-order chi connectivity index (χ1) is 13.3. The van der Waals surface area contributed by atoms with Gasteiger partial charge in [-0.15, -0.1) is 0 Å². The summed E-state index contributed by atoms with van der Waals surface area (Å²) in [7, 11) is 0. The molecule has 0 saturated carbocycles. The molecule has 7 nitrogen and oxygen atoms in total. The molecule has 0 spiro atoms. The summed E-state index contributed by atoms with van der Waals surface area (Å²) >= 11 is 0. The van der Waals surface area contributed by atoms with Crippen LogP contribution in [0.25, 0.3) is 0 Å². The van der Waals surface area contributed by atoms with Crippen LogP contribution in [-0.4, -0.2) is 84.2 Å². The fourth-order valence-corrected chi connectivity index (χ4v) is 3.64. The Labute approximate surface area is 167 Å². The van der Waals surface area contributed by atoms with Gasteiger partial charge in [-0.3, -0.25) is 14.6 Å². The number of rotatable bonds is 3. The van der Waals surface area contributed by atoms with E-state index in [2.05, 4.69) is 34.5 Å². The Morgan fingerprint density at radius 1 is 1.07 bits per heavy atom. The van der Waals surface area contributed by atoms with Gasteiger partial charge in [0.2, 0.25) is 5.91 Å². The molecule has 28 heavy (non-hydrogen) atoms. The average Bonchev–Trinajstić information content (AvgIpc) is 2.67. The van der Waals surface area contributed by atoms with E-state index >= 15 is 0 Å². The Bertz CT molecular complexity index is 666. The molecule has 0 radical (unpaired) electrons. The maximum absolute atomic E-state index is 13.1. The SMILES string of the molecule is CC(C)(C)OC(=O)N1CCNC[C@@H]1C(=O)N1CCN(Cc2ccccc2)CC1. The first-order valence-electron chi connectivity index (χ1n) is 10.1. The van der Waals surface area contributed by atoms with Gasteiger partial charge in [-0.25, -0.2) is 4.79 Å². The number of carbonyl (C=O) groups is 2. The molecule has 2 heterocycles. The Kier molecular flexibility index (Phi) is 6.57. The van der Waals surface area contributed by atoms with Crippen LogP contribution in [0.15, 0.2) is 30.3 Å². The maximum Gasteiger partial charge on any atom is 0.411 e. The summed E-state index contributed by atoms with van der Waals surface area (Å²) in [4.78, 5) is 31.5. The van der Waals surface area contributed by atoms with Gasteiger partial charge < -0.3 is 15.0 Å². The molecule has 1 atom stereocenters. The lowest BCUT2D eigenvalue weighted by atomic mass is 10.1. The third-order valence-corrected chi connectivity index (χ3v) is 5.09. The van der Waals surface area contributed by atoms with Crippen LogP contribution in [0.1, 0.15) is 26.3 Å². The van der Waals surface area contributed by atoms with Crippen molar-refractivity contribution in [2.45, 2.75) is 39.0 Å². The molecular weight excluding hydrogens is 356 g/mol. The van der Waals surface area contributed by atoms with Crippen molar-refractivity contribution in [2.24, 2.45) is 0 Å². The Hall–Kier alpha value is -2.12. The minimum atomic E-state index is -0.571. The number of piperazine rings is 2. The predicted octanol–water partition coefficient (Wildman–Crippen LogP) is 1.54. The summed E-state index contributed by atoms with van der Waals surface area (Å²) in [5.74, 6) is 0.0115. The van der Waals surface area contributed by atoms with Crippen molar-refractivity contribution in [1.82, 2.24) is 20.0 Å². The van der Waals surface area contributed by atoms with E-state index in [9.17, 15) is 9.59 Å². The molecule has 2 fully saturated rings. The number of benzene rings is 1. The quantitative estimate of drug-likeness (QED) is 0.851. The van der Waals surface area contributed by atoms with Crippen LogP contribution in [0.4, 0.5) is 4.79 Å². The monoisotopic (exact) mass is 388 g/mol. The van der Waals surface area contributed by atoms with Crippen molar-refractivity contribution in [3.63, 3.8) is 0 Å². The zero-order valence-electron chi connectivity index (χ0n) is 17.2. The van der Waals surface area contributed by atoms with Crippen molar-refractivity contribution < 1.29 is 14.3 Å². The van der Waals surface area contributed by atoms with E-state index in [0.29, 0.717) is 32.7 Å². The lowest BCUT2D eigenvalue weighted by Gasteiger charge is -2.41. The number of amides is 2. The third-order valence-electron chi connectivity index (χ3n) is 5.09. The van der Waals surface area contributed by atoms with Gasteiger partial charge in [0.15, 0.2) is 0 Å². The number of nitrogens with zero attached hydrogens (tertiary/aromatic N) is 3. The minimum absolute atomic E-state index is 0.0115. The number of ether oxygens (including phenoxy) is 1. The number of nitrogens with one attached hydrogen (secondary N) is 1. The minimum Gasteiger partial charge on any atom is -0.444 e. The van der Waals surface area contributed by atoms with Crippen LogP contribution in [0.5, 0.6) is 0 Å². The predicted molar refractivity (Wildman–Crippen MR) is 108 cm³/mol. The molecule has 0 unspecified atom stereocenters. The molecular formula is C21H32N4O3. The van der Waals surface area contributed by atoms with Gasteiger partial charge in [-0.2, -0.15) is 0 Å². The van der Waals surface area contributed by atoms with E-state index in [4.69, 9.17) is 4.74 Å². The van der Waals surface area contributed by atoms with Crippen molar-refractivity contribution in [3.05, 3.63) is 35.9 Å². The second-order valence-corrected chi connectivity index (χ2v) is 8.48. The first-order valence-corrected chi connectivity index (χ1v) is 10.1. The fourth-order valence-electron chi connectivity index (χ4n) is 3.64. The summed E-state index contributed by atoms with van der Waals surface area (Å²) in [6.45, 7) is 11.1. The summed E-state index contributed by atoms with van der Waals surface area (Å²) in [6.07, 6.45) is -0.407. The van der Waals surface area contributed by atoms with Crippen LogP contribution in [0.2, 0.25) is 0 Å². The Morgan fingerprint density at radius 2 is 1.75 bits per heavy atom. The van der Waals surface area contributed by atoms with Crippen LogP contribution in [-0.2, 0) is 16.1 Å². The van der Waals surface area contributed by atoms with Gasteiger partial charge in [-0.05, 0) is 26.3 Å². The van der Waals surface area contributed by atoms with Gasteiger partial charge in [0.25, 0.3) is 0 Å². The molecule has 0 bridgehead atoms. The van der Waals surface area contributed by atoms with Gasteiger partial charge >= 0.3 is 6.09 Å². The summed E-state index contributed by atoms with van der Waals surface area (Å²) in [5.41, 5.74) is 0.716. The highest BCUT2D eigenvalue weighted by Gasteiger charge is 2.37. The van der Waals surface area contributed by atoms with Crippen LogP contribution in [0, 0.1) is 0 Å². The molecule has 3 rings (SSSR count). The largest absolute Gasteiger partial charge is 0.444 e. The lowest BCUT2D eigenvalue weighted by Crippen LogP contribution is -2.62. The smallest absolute Gasteiger partial charge is 0.411 e. The molecule has 2 amide bonds. The standard InChI is InChI=1S/C21H32N4O3/c1-21(2,3)28-20(27)25-10-9-22-15-18(25)19(26)24-13-11-23(12-14-24)16-17-7-5-4-6-8-17/h4-8,18,22H,9-16H2,1-3H3/t18-/m1/s1. The third kappa shape index (κ3) is 5.45. The van der Waals surface area contributed by atoms with Gasteiger partial charge in [-0.1, -0.05) is 30.3 Å². The molecule has 7 heteroatoms. The molecule has 0 aliphatic carbocycles. The summed E-state index contributed by atoms with van der Waals surface area (Å²) in [6, 6.07) is 9.89. The zero-order chi connectivity index (χ0) is 20.1. The highest BCUT2D eigenvalue weighted by molar-refractivity contribution is 5.86. The summed E-state index contributed by atoms with van der Waals surface area (Å²) in [5, 5.41) is 3.24. The summed E-state index contributed by atoms with van der Waals surface area (Å²) < 4.78 is 5.51. The van der Waals surface area contributed by atoms with Crippen molar-refractivity contribution in [2.75, 3.05) is 45.8 Å². The topological polar surface area (TPSA) is 65.1 Å². The van der Waals surface area contributed by atoms with Crippen LogP contribution in [0.3, 0.4) is 0 Å². The highest BCUT2D eigenvalue weighted by atomic mass is 16.6. The normalized spacial score (nSPS) is 21.5. The molecule has 1 N–H and O–H groups in total. The molecule has 2 aliphatic heterocycles. The second kappa shape index (κ2) is 8.92. The van der Waals surface area contributed by atoms with E-state index in [1.807, 2.05) is 31.7 Å². The molecule has 2 saturated heterocycles. The van der Waals surface area contributed by atoms with E-state index in [-0.39, 0.29) is 5.91 Å². The molecule has 2 aliphatic rings. The molecule has 0 aromatic heterocycles. The van der Waals surface area contributed by atoms with E-state index in [0.717, 1.165) is 19.6 Å². The van der Waals surface area contributed by atoms with Crippen LogP contribution >= 0.6 is 0 Å². The van der Waals surface area contributed by atoms with Crippen molar-refractivity contribution in [3.8, 4) is 0 Å². The van der Waals surface area contributed by atoms with E-state index in [1.165, 1.54) is 5.56 Å². The van der Waals surface area contributed by atoms with Crippen LogP contribution < -0.4 is 5.32 Å². The number of hydrogen-bond donors (Lipinski definition) is 1. The van der Waals surface area contributed by atoms with E-state index in [1.54, 1.807) is 4.90 Å². The maximum atomic E-state index is 13.1. The zero-order valence-corrected chi connectivity index (χ0v) is 17.2. The molecule has 1 aromatic rings. The molecule has 154 valence electrons. The van der Waals surface area contributed by atoms with Gasteiger partial charge in [0, 0.05) is 52.4 Å². The first kappa shape index (κ1) is 20.6. The Morgan fingerprint density at radius 3 is 2.39 bits per heavy atom. The van der Waals surface area contributed by atoms with Gasteiger partial charge in [0.05, 0.1) is 0 Å². The van der Waals surface area contributed by atoms with Crippen molar-refractivity contribution in [1.29, 1.82) is 0 Å². The number of carbonyl (C=O) groups excluding carboxylic acids is 2.